The van der Waals surface area contributed by atoms with E-state index in [1.54, 1.807) is 6.07 Å². The third-order valence-electron chi connectivity index (χ3n) is 1.84. The van der Waals surface area contributed by atoms with Crippen LogP contribution in [0.15, 0.2) is 24.3 Å². The number of aliphatic hydroxyl groups is 1. The van der Waals surface area contributed by atoms with Crippen molar-refractivity contribution in [1.82, 2.24) is 0 Å². The molecular formula is C11H14O4. The maximum Gasteiger partial charge on any atom is 0.306 e. The summed E-state index contributed by atoms with van der Waals surface area (Å²) in [5.74, 6) is -0.394. The van der Waals surface area contributed by atoms with Crippen LogP contribution in [0, 0.1) is 6.92 Å². The molecule has 0 aromatic heterocycles. The van der Waals surface area contributed by atoms with Gasteiger partial charge < -0.3 is 14.9 Å². The Hall–Kier alpha value is -1.55. The first kappa shape index (κ1) is 11.5. The third-order valence-corrected chi connectivity index (χ3v) is 1.84. The lowest BCUT2D eigenvalue weighted by Gasteiger charge is -2.10. The first-order chi connectivity index (χ1) is 7.08. The van der Waals surface area contributed by atoms with E-state index in [0.29, 0.717) is 5.75 Å². The van der Waals surface area contributed by atoms with Crippen LogP contribution in [0.2, 0.25) is 0 Å². The molecule has 4 nitrogen and oxygen atoms in total. The summed E-state index contributed by atoms with van der Waals surface area (Å²) in [6.07, 6.45) is -1.27. The highest BCUT2D eigenvalue weighted by Gasteiger charge is 2.09. The van der Waals surface area contributed by atoms with Crippen LogP contribution in [0.1, 0.15) is 12.0 Å². The second-order valence-electron chi connectivity index (χ2n) is 3.38. The minimum Gasteiger partial charge on any atom is -0.491 e. The zero-order valence-corrected chi connectivity index (χ0v) is 8.51. The predicted octanol–water partition coefficient (Wildman–Crippen LogP) is 1.21. The van der Waals surface area contributed by atoms with Crippen molar-refractivity contribution in [3.05, 3.63) is 29.8 Å². The summed E-state index contributed by atoms with van der Waals surface area (Å²) in [5.41, 5.74) is 1.06. The molecule has 0 bridgehead atoms. The van der Waals surface area contributed by atoms with Gasteiger partial charge in [-0.15, -0.1) is 0 Å². The number of carboxylic acid groups (broad SMARTS) is 1. The number of rotatable bonds is 5. The summed E-state index contributed by atoms with van der Waals surface area (Å²) in [7, 11) is 0. The Morgan fingerprint density at radius 1 is 1.53 bits per heavy atom. The average Bonchev–Trinajstić information content (AvgIpc) is 2.14. The van der Waals surface area contributed by atoms with E-state index >= 15 is 0 Å². The smallest absolute Gasteiger partial charge is 0.306 e. The molecule has 0 fully saturated rings. The van der Waals surface area contributed by atoms with Crippen LogP contribution < -0.4 is 4.74 Å². The monoisotopic (exact) mass is 210 g/mol. The molecule has 1 atom stereocenters. The number of aliphatic carboxylic acids is 1. The molecule has 15 heavy (non-hydrogen) atoms. The molecule has 4 heteroatoms. The molecule has 1 rings (SSSR count). The highest BCUT2D eigenvalue weighted by molar-refractivity contribution is 5.67. The molecule has 0 amide bonds. The van der Waals surface area contributed by atoms with Gasteiger partial charge in [0.05, 0.1) is 12.5 Å². The van der Waals surface area contributed by atoms with E-state index in [2.05, 4.69) is 0 Å². The number of hydrogen-bond acceptors (Lipinski definition) is 3. The Morgan fingerprint density at radius 3 is 2.87 bits per heavy atom. The van der Waals surface area contributed by atoms with E-state index in [-0.39, 0.29) is 13.0 Å². The van der Waals surface area contributed by atoms with Crippen molar-refractivity contribution in [2.75, 3.05) is 6.61 Å². The van der Waals surface area contributed by atoms with E-state index in [0.717, 1.165) is 5.56 Å². The normalized spacial score (nSPS) is 12.1. The molecule has 0 heterocycles. The number of aryl methyl sites for hydroxylation is 1. The van der Waals surface area contributed by atoms with E-state index in [1.807, 2.05) is 25.1 Å². The second kappa shape index (κ2) is 5.36. The maximum atomic E-state index is 10.3. The summed E-state index contributed by atoms with van der Waals surface area (Å²) < 4.78 is 5.24. The number of carbonyl (C=O) groups is 1. The first-order valence-electron chi connectivity index (χ1n) is 4.67. The van der Waals surface area contributed by atoms with Gasteiger partial charge in [-0.05, 0) is 24.6 Å². The largest absolute Gasteiger partial charge is 0.491 e. The summed E-state index contributed by atoms with van der Waals surface area (Å²) in [5, 5.41) is 17.7. The van der Waals surface area contributed by atoms with Crippen molar-refractivity contribution in [2.24, 2.45) is 0 Å². The van der Waals surface area contributed by atoms with E-state index < -0.39 is 12.1 Å². The van der Waals surface area contributed by atoms with Gasteiger partial charge in [0.1, 0.15) is 12.4 Å². The zero-order chi connectivity index (χ0) is 11.3. The Morgan fingerprint density at radius 2 is 2.27 bits per heavy atom. The number of hydrogen-bond donors (Lipinski definition) is 2. The van der Waals surface area contributed by atoms with Gasteiger partial charge in [0, 0.05) is 0 Å². The lowest BCUT2D eigenvalue weighted by molar-refractivity contribution is -0.139. The Balaban J connectivity index is 2.40. The van der Waals surface area contributed by atoms with Crippen LogP contribution in [0.25, 0.3) is 0 Å². The van der Waals surface area contributed by atoms with E-state index in [1.165, 1.54) is 0 Å². The van der Waals surface area contributed by atoms with Gasteiger partial charge in [-0.25, -0.2) is 0 Å². The van der Waals surface area contributed by atoms with Gasteiger partial charge in [0.2, 0.25) is 0 Å². The highest BCUT2D eigenvalue weighted by Crippen LogP contribution is 2.12. The van der Waals surface area contributed by atoms with Crippen molar-refractivity contribution in [3.63, 3.8) is 0 Å². The van der Waals surface area contributed by atoms with Gasteiger partial charge in [-0.3, -0.25) is 4.79 Å². The highest BCUT2D eigenvalue weighted by atomic mass is 16.5. The van der Waals surface area contributed by atoms with Crippen molar-refractivity contribution < 1.29 is 19.7 Å². The first-order valence-corrected chi connectivity index (χ1v) is 4.67. The molecule has 0 saturated heterocycles. The van der Waals surface area contributed by atoms with Gasteiger partial charge >= 0.3 is 5.97 Å². The summed E-state index contributed by atoms with van der Waals surface area (Å²) >= 11 is 0. The standard InChI is InChI=1S/C11H14O4/c1-8-3-2-4-10(5-8)15-7-9(12)6-11(13)14/h2-5,9,12H,6-7H2,1H3,(H,13,14). The average molecular weight is 210 g/mol. The molecule has 0 spiro atoms. The number of ether oxygens (including phenoxy) is 1. The lowest BCUT2D eigenvalue weighted by atomic mass is 10.2. The molecule has 0 radical (unpaired) electrons. The van der Waals surface area contributed by atoms with Crippen LogP contribution in [0.4, 0.5) is 0 Å². The van der Waals surface area contributed by atoms with Gasteiger partial charge in [-0.1, -0.05) is 12.1 Å². The number of carboxylic acids is 1. The molecule has 0 aliphatic heterocycles. The van der Waals surface area contributed by atoms with Crippen LogP contribution in [-0.2, 0) is 4.79 Å². The van der Waals surface area contributed by atoms with Crippen molar-refractivity contribution in [3.8, 4) is 5.75 Å². The fourth-order valence-corrected chi connectivity index (χ4v) is 1.16. The predicted molar refractivity (Wildman–Crippen MR) is 54.9 cm³/mol. The minimum atomic E-state index is -1.03. The molecule has 1 aromatic carbocycles. The number of aliphatic hydroxyl groups excluding tert-OH is 1. The molecule has 2 N–H and O–H groups in total. The Kier molecular flexibility index (Phi) is 4.12. The van der Waals surface area contributed by atoms with Crippen LogP contribution in [0.5, 0.6) is 5.75 Å². The van der Waals surface area contributed by atoms with Gasteiger partial charge in [0.25, 0.3) is 0 Å². The summed E-state index contributed by atoms with van der Waals surface area (Å²) in [6, 6.07) is 7.36. The minimum absolute atomic E-state index is 0.00421. The fraction of sp³-hybridized carbons (Fsp3) is 0.364. The van der Waals surface area contributed by atoms with Crippen molar-refractivity contribution in [1.29, 1.82) is 0 Å². The second-order valence-corrected chi connectivity index (χ2v) is 3.38. The lowest BCUT2D eigenvalue weighted by Crippen LogP contribution is -2.21. The van der Waals surface area contributed by atoms with E-state index in [9.17, 15) is 9.90 Å². The fourth-order valence-electron chi connectivity index (χ4n) is 1.16. The van der Waals surface area contributed by atoms with Crippen LogP contribution in [0.3, 0.4) is 0 Å². The molecule has 0 saturated carbocycles. The summed E-state index contributed by atoms with van der Waals surface area (Å²) in [4.78, 5) is 10.3. The van der Waals surface area contributed by atoms with E-state index in [4.69, 9.17) is 9.84 Å². The quantitative estimate of drug-likeness (QED) is 0.766. The molecular weight excluding hydrogens is 196 g/mol. The SMILES string of the molecule is Cc1cccc(OCC(O)CC(=O)O)c1. The van der Waals surface area contributed by atoms with Gasteiger partial charge in [0.15, 0.2) is 0 Å². The van der Waals surface area contributed by atoms with Crippen molar-refractivity contribution >= 4 is 5.97 Å². The molecule has 0 aliphatic carbocycles. The molecule has 0 aliphatic rings. The molecule has 1 aromatic rings. The Bertz CT molecular complexity index is 335. The van der Waals surface area contributed by atoms with Crippen molar-refractivity contribution in [2.45, 2.75) is 19.4 Å². The molecule has 1 unspecified atom stereocenters. The Labute approximate surface area is 88.1 Å². The van der Waals surface area contributed by atoms with Crippen LogP contribution >= 0.6 is 0 Å². The van der Waals surface area contributed by atoms with Crippen LogP contribution in [-0.4, -0.2) is 28.9 Å². The zero-order valence-electron chi connectivity index (χ0n) is 8.51. The summed E-state index contributed by atoms with van der Waals surface area (Å²) in [6.45, 7) is 1.93. The van der Waals surface area contributed by atoms with Gasteiger partial charge in [-0.2, -0.15) is 0 Å². The third kappa shape index (κ3) is 4.46. The topological polar surface area (TPSA) is 66.8 Å². The molecule has 82 valence electrons. The maximum absolute atomic E-state index is 10.3. The number of benzene rings is 1.